The molecule has 0 radical (unpaired) electrons. The van der Waals surface area contributed by atoms with Crippen LogP contribution in [0.2, 0.25) is 0 Å². The second kappa shape index (κ2) is 8.50. The van der Waals surface area contributed by atoms with Crippen molar-refractivity contribution in [2.75, 3.05) is 10.6 Å². The van der Waals surface area contributed by atoms with Gasteiger partial charge >= 0.3 is 0 Å². The highest BCUT2D eigenvalue weighted by atomic mass is 35.5. The van der Waals surface area contributed by atoms with Crippen molar-refractivity contribution < 1.29 is 9.59 Å². The number of nitrogens with two attached hydrogens (primary N) is 1. The van der Waals surface area contributed by atoms with Gasteiger partial charge in [0.1, 0.15) is 0 Å². The molecule has 1 unspecified atom stereocenters. The summed E-state index contributed by atoms with van der Waals surface area (Å²) >= 11 is 0. The molecule has 0 aliphatic rings. The highest BCUT2D eigenvalue weighted by molar-refractivity contribution is 5.92. The smallest absolute Gasteiger partial charge is 0.224 e. The molecule has 1 atom stereocenters. The lowest BCUT2D eigenvalue weighted by atomic mass is 10.2. The number of halogens is 1. The number of hydrogen-bond acceptors (Lipinski definition) is 3. The van der Waals surface area contributed by atoms with Crippen molar-refractivity contribution in [2.24, 2.45) is 5.73 Å². The predicted molar refractivity (Wildman–Crippen MR) is 79.5 cm³/mol. The largest absolute Gasteiger partial charge is 0.328 e. The fraction of sp³-hybridized carbons (Fsp3) is 0.385. The average molecular weight is 286 g/mol. The molecule has 0 aliphatic heterocycles. The van der Waals surface area contributed by atoms with Gasteiger partial charge in [0.05, 0.1) is 0 Å². The van der Waals surface area contributed by atoms with E-state index in [0.717, 1.165) is 0 Å². The third-order valence-corrected chi connectivity index (χ3v) is 2.32. The Morgan fingerprint density at radius 1 is 1.16 bits per heavy atom. The zero-order valence-corrected chi connectivity index (χ0v) is 11.9. The number of benzene rings is 1. The van der Waals surface area contributed by atoms with Crippen LogP contribution in [0.3, 0.4) is 0 Å². The van der Waals surface area contributed by atoms with Gasteiger partial charge in [0.15, 0.2) is 0 Å². The number of nitrogens with one attached hydrogen (secondary N) is 2. The molecule has 4 N–H and O–H groups in total. The highest BCUT2D eigenvalue weighted by Gasteiger charge is 2.04. The topological polar surface area (TPSA) is 84.2 Å². The number of hydrogen-bond donors (Lipinski definition) is 3. The fourth-order valence-corrected chi connectivity index (χ4v) is 1.42. The summed E-state index contributed by atoms with van der Waals surface area (Å²) in [6, 6.07) is 6.99. The third kappa shape index (κ3) is 7.43. The number of anilines is 2. The molecule has 0 saturated heterocycles. The Labute approximate surface area is 119 Å². The van der Waals surface area contributed by atoms with E-state index in [1.807, 2.05) is 6.92 Å². The first kappa shape index (κ1) is 17.4. The first-order chi connectivity index (χ1) is 8.47. The molecule has 0 heterocycles. The standard InChI is InChI=1S/C13H19N3O2.ClH/c1-9(14)3-8-13(18)16-12-6-4-11(5-7-12)15-10(2)17;/h4-7,9H,3,8,14H2,1-2H3,(H,15,17)(H,16,18);1H. The molecule has 0 aromatic heterocycles. The van der Waals surface area contributed by atoms with E-state index in [0.29, 0.717) is 24.2 Å². The van der Waals surface area contributed by atoms with Gasteiger partial charge in [-0.3, -0.25) is 9.59 Å². The molecule has 19 heavy (non-hydrogen) atoms. The Kier molecular flexibility index (Phi) is 7.79. The van der Waals surface area contributed by atoms with Gasteiger partial charge in [-0.25, -0.2) is 0 Å². The van der Waals surface area contributed by atoms with Crippen LogP contribution < -0.4 is 16.4 Å². The van der Waals surface area contributed by atoms with Crippen molar-refractivity contribution in [3.05, 3.63) is 24.3 Å². The zero-order valence-electron chi connectivity index (χ0n) is 11.1. The first-order valence-electron chi connectivity index (χ1n) is 5.90. The van der Waals surface area contributed by atoms with E-state index in [2.05, 4.69) is 10.6 Å². The molecular weight excluding hydrogens is 266 g/mol. The minimum atomic E-state index is -0.122. The number of rotatable bonds is 5. The monoisotopic (exact) mass is 285 g/mol. The predicted octanol–water partition coefficient (Wildman–Crippen LogP) is 2.13. The molecule has 1 rings (SSSR count). The molecule has 0 aliphatic carbocycles. The lowest BCUT2D eigenvalue weighted by Gasteiger charge is -2.08. The molecular formula is C13H20ClN3O2. The molecule has 1 aromatic rings. The van der Waals surface area contributed by atoms with Gasteiger partial charge in [0.2, 0.25) is 11.8 Å². The van der Waals surface area contributed by atoms with E-state index in [-0.39, 0.29) is 30.3 Å². The van der Waals surface area contributed by atoms with E-state index < -0.39 is 0 Å². The van der Waals surface area contributed by atoms with Gasteiger partial charge in [-0.1, -0.05) is 0 Å². The summed E-state index contributed by atoms with van der Waals surface area (Å²) in [4.78, 5) is 22.4. The maximum atomic E-state index is 11.5. The first-order valence-corrected chi connectivity index (χ1v) is 5.90. The summed E-state index contributed by atoms with van der Waals surface area (Å²) in [5.41, 5.74) is 6.99. The normalized spacial score (nSPS) is 11.1. The van der Waals surface area contributed by atoms with Crippen LogP contribution in [0.15, 0.2) is 24.3 Å². The molecule has 6 heteroatoms. The fourth-order valence-electron chi connectivity index (χ4n) is 1.42. The van der Waals surface area contributed by atoms with Crippen molar-refractivity contribution in [3.8, 4) is 0 Å². The minimum absolute atomic E-state index is 0. The highest BCUT2D eigenvalue weighted by Crippen LogP contribution is 2.13. The Morgan fingerprint density at radius 3 is 2.05 bits per heavy atom. The lowest BCUT2D eigenvalue weighted by molar-refractivity contribution is -0.116. The van der Waals surface area contributed by atoms with Crippen molar-refractivity contribution in [2.45, 2.75) is 32.7 Å². The van der Waals surface area contributed by atoms with Gasteiger partial charge in [-0.05, 0) is 37.6 Å². The quantitative estimate of drug-likeness (QED) is 0.775. The van der Waals surface area contributed by atoms with Gasteiger partial charge < -0.3 is 16.4 Å². The van der Waals surface area contributed by atoms with E-state index >= 15 is 0 Å². The van der Waals surface area contributed by atoms with E-state index in [1.54, 1.807) is 24.3 Å². The number of carbonyl (C=O) groups excluding carboxylic acids is 2. The van der Waals surface area contributed by atoms with Gasteiger partial charge in [-0.15, -0.1) is 12.4 Å². The SMILES string of the molecule is CC(=O)Nc1ccc(NC(=O)CCC(C)N)cc1.Cl. The summed E-state index contributed by atoms with van der Waals surface area (Å²) in [5, 5.41) is 5.43. The van der Waals surface area contributed by atoms with Crippen LogP contribution in [0.25, 0.3) is 0 Å². The molecule has 0 spiro atoms. The maximum Gasteiger partial charge on any atom is 0.224 e. The maximum absolute atomic E-state index is 11.5. The molecule has 1 aromatic carbocycles. The summed E-state index contributed by atoms with van der Waals surface area (Å²) < 4.78 is 0. The minimum Gasteiger partial charge on any atom is -0.328 e. The molecule has 5 nitrogen and oxygen atoms in total. The Bertz CT molecular complexity index is 418. The zero-order chi connectivity index (χ0) is 13.5. The van der Waals surface area contributed by atoms with E-state index in [4.69, 9.17) is 5.73 Å². The van der Waals surface area contributed by atoms with Crippen LogP contribution in [0.4, 0.5) is 11.4 Å². The van der Waals surface area contributed by atoms with E-state index in [9.17, 15) is 9.59 Å². The Hall–Kier alpha value is -1.59. The lowest BCUT2D eigenvalue weighted by Crippen LogP contribution is -2.19. The van der Waals surface area contributed by atoms with Crippen LogP contribution in [-0.4, -0.2) is 17.9 Å². The second-order valence-electron chi connectivity index (χ2n) is 4.32. The number of amides is 2. The van der Waals surface area contributed by atoms with Gasteiger partial charge in [0.25, 0.3) is 0 Å². The van der Waals surface area contributed by atoms with Crippen LogP contribution in [0.1, 0.15) is 26.7 Å². The molecule has 0 fully saturated rings. The van der Waals surface area contributed by atoms with Crippen LogP contribution >= 0.6 is 12.4 Å². The van der Waals surface area contributed by atoms with Crippen LogP contribution in [0.5, 0.6) is 0 Å². The summed E-state index contributed by atoms with van der Waals surface area (Å²) in [6.07, 6.45) is 1.07. The van der Waals surface area contributed by atoms with Crippen molar-refractivity contribution in [3.63, 3.8) is 0 Å². The second-order valence-corrected chi connectivity index (χ2v) is 4.32. The molecule has 106 valence electrons. The molecule has 2 amide bonds. The van der Waals surface area contributed by atoms with E-state index in [1.165, 1.54) is 6.92 Å². The summed E-state index contributed by atoms with van der Waals surface area (Å²) in [7, 11) is 0. The average Bonchev–Trinajstić information content (AvgIpc) is 2.28. The Balaban J connectivity index is 0.00000324. The summed E-state index contributed by atoms with van der Waals surface area (Å²) in [5.74, 6) is -0.178. The number of carbonyl (C=O) groups is 2. The van der Waals surface area contributed by atoms with Crippen LogP contribution in [-0.2, 0) is 9.59 Å². The Morgan fingerprint density at radius 2 is 1.63 bits per heavy atom. The molecule has 0 bridgehead atoms. The van der Waals surface area contributed by atoms with Crippen molar-refractivity contribution in [1.82, 2.24) is 0 Å². The van der Waals surface area contributed by atoms with Gasteiger partial charge in [0, 0.05) is 30.8 Å². The summed E-state index contributed by atoms with van der Waals surface area (Å²) in [6.45, 7) is 3.32. The molecule has 0 saturated carbocycles. The van der Waals surface area contributed by atoms with Gasteiger partial charge in [-0.2, -0.15) is 0 Å². The van der Waals surface area contributed by atoms with Crippen molar-refractivity contribution in [1.29, 1.82) is 0 Å². The van der Waals surface area contributed by atoms with Crippen LogP contribution in [0, 0.1) is 0 Å². The van der Waals surface area contributed by atoms with Crippen molar-refractivity contribution >= 4 is 35.6 Å². The third-order valence-electron chi connectivity index (χ3n) is 2.32.